The van der Waals surface area contributed by atoms with Crippen molar-refractivity contribution in [2.24, 2.45) is 5.10 Å². The Morgan fingerprint density at radius 3 is 2.70 bits per heavy atom. The summed E-state index contributed by atoms with van der Waals surface area (Å²) in [6.07, 6.45) is 4.37. The summed E-state index contributed by atoms with van der Waals surface area (Å²) in [4.78, 5) is 0. The number of nitrogens with zero attached hydrogens (tertiary/aromatic N) is 1. The van der Waals surface area contributed by atoms with Crippen LogP contribution in [-0.2, 0) is 17.6 Å². The molecule has 3 rings (SSSR count). The Balaban J connectivity index is 1.45. The minimum absolute atomic E-state index is 0.290. The van der Waals surface area contributed by atoms with Crippen LogP contribution < -0.4 is 10.7 Å². The maximum atomic E-state index is 5.54. The van der Waals surface area contributed by atoms with Gasteiger partial charge in [0.25, 0.3) is 0 Å². The molecule has 20 heavy (non-hydrogen) atoms. The van der Waals surface area contributed by atoms with Crippen molar-refractivity contribution in [2.75, 3.05) is 13.2 Å². The highest BCUT2D eigenvalue weighted by Crippen LogP contribution is 2.19. The Morgan fingerprint density at radius 1 is 1.30 bits per heavy atom. The quantitative estimate of drug-likeness (QED) is 0.658. The monoisotopic (exact) mass is 289 g/mol. The van der Waals surface area contributed by atoms with Gasteiger partial charge in [0.2, 0.25) is 0 Å². The van der Waals surface area contributed by atoms with Crippen LogP contribution in [0.25, 0.3) is 0 Å². The first-order valence-corrected chi connectivity index (χ1v) is 7.50. The molecule has 4 nitrogen and oxygen atoms in total. The van der Waals surface area contributed by atoms with Crippen molar-refractivity contribution in [3.8, 4) is 0 Å². The SMILES string of the molecule is S=C(NC[C@H]1CCCO1)NN=C1Cc2ccccc2C1. The lowest BCUT2D eigenvalue weighted by Crippen LogP contribution is -2.37. The molecule has 0 aromatic heterocycles. The fourth-order valence-electron chi connectivity index (χ4n) is 2.66. The van der Waals surface area contributed by atoms with Crippen molar-refractivity contribution in [1.29, 1.82) is 0 Å². The lowest BCUT2D eigenvalue weighted by atomic mass is 10.1. The summed E-state index contributed by atoms with van der Waals surface area (Å²) in [6.45, 7) is 1.63. The Bertz CT molecular complexity index is 497. The van der Waals surface area contributed by atoms with Crippen molar-refractivity contribution < 1.29 is 4.74 Å². The Kier molecular flexibility index (Phi) is 4.28. The van der Waals surface area contributed by atoms with Gasteiger partial charge in [0.15, 0.2) is 5.11 Å². The van der Waals surface area contributed by atoms with E-state index in [2.05, 4.69) is 40.1 Å². The van der Waals surface area contributed by atoms with Gasteiger partial charge in [-0.15, -0.1) is 0 Å². The molecule has 1 aromatic carbocycles. The molecule has 2 aliphatic rings. The lowest BCUT2D eigenvalue weighted by molar-refractivity contribution is 0.114. The van der Waals surface area contributed by atoms with Crippen molar-refractivity contribution in [2.45, 2.75) is 31.8 Å². The molecule has 1 aromatic rings. The molecule has 0 amide bonds. The topological polar surface area (TPSA) is 45.6 Å². The van der Waals surface area contributed by atoms with E-state index in [0.29, 0.717) is 5.11 Å². The maximum absolute atomic E-state index is 5.54. The van der Waals surface area contributed by atoms with Crippen LogP contribution in [0.15, 0.2) is 29.4 Å². The van der Waals surface area contributed by atoms with Gasteiger partial charge in [0.1, 0.15) is 0 Å². The van der Waals surface area contributed by atoms with Crippen molar-refractivity contribution in [3.63, 3.8) is 0 Å². The van der Waals surface area contributed by atoms with E-state index in [1.807, 2.05) is 0 Å². The van der Waals surface area contributed by atoms with Crippen LogP contribution in [0.5, 0.6) is 0 Å². The molecular weight excluding hydrogens is 270 g/mol. The molecule has 1 atom stereocenters. The van der Waals surface area contributed by atoms with Gasteiger partial charge < -0.3 is 10.1 Å². The van der Waals surface area contributed by atoms with Crippen LogP contribution in [0.4, 0.5) is 0 Å². The van der Waals surface area contributed by atoms with E-state index in [1.54, 1.807) is 0 Å². The van der Waals surface area contributed by atoms with Crippen molar-refractivity contribution >= 4 is 23.0 Å². The van der Waals surface area contributed by atoms with Gasteiger partial charge in [-0.2, -0.15) is 5.10 Å². The summed E-state index contributed by atoms with van der Waals surface area (Å²) in [5, 5.41) is 8.14. The van der Waals surface area contributed by atoms with Gasteiger partial charge in [0, 0.05) is 31.7 Å². The molecule has 5 heteroatoms. The van der Waals surface area contributed by atoms with E-state index in [9.17, 15) is 0 Å². The van der Waals surface area contributed by atoms with E-state index in [-0.39, 0.29) is 6.10 Å². The summed E-state index contributed by atoms with van der Waals surface area (Å²) in [7, 11) is 0. The van der Waals surface area contributed by atoms with Crippen LogP contribution in [0.3, 0.4) is 0 Å². The van der Waals surface area contributed by atoms with Gasteiger partial charge in [-0.3, -0.25) is 5.43 Å². The highest BCUT2D eigenvalue weighted by Gasteiger charge is 2.17. The fourth-order valence-corrected chi connectivity index (χ4v) is 2.79. The molecule has 1 fully saturated rings. The largest absolute Gasteiger partial charge is 0.376 e. The summed E-state index contributed by atoms with van der Waals surface area (Å²) in [6, 6.07) is 8.46. The van der Waals surface area contributed by atoms with Crippen LogP contribution in [0.1, 0.15) is 24.0 Å². The highest BCUT2D eigenvalue weighted by molar-refractivity contribution is 7.80. The number of hydrogen-bond donors (Lipinski definition) is 2. The number of fused-ring (bicyclic) bond motifs is 1. The first kappa shape index (κ1) is 13.5. The molecule has 2 N–H and O–H groups in total. The van der Waals surface area contributed by atoms with Crippen LogP contribution >= 0.6 is 12.2 Å². The Labute approximate surface area is 124 Å². The minimum atomic E-state index is 0.290. The zero-order chi connectivity index (χ0) is 13.8. The van der Waals surface area contributed by atoms with Crippen LogP contribution in [0, 0.1) is 0 Å². The molecular formula is C15H19N3OS. The minimum Gasteiger partial charge on any atom is -0.376 e. The highest BCUT2D eigenvalue weighted by atomic mass is 32.1. The normalized spacial score (nSPS) is 20.6. The van der Waals surface area contributed by atoms with Gasteiger partial charge >= 0.3 is 0 Å². The molecule has 1 heterocycles. The number of nitrogens with one attached hydrogen (secondary N) is 2. The number of benzene rings is 1. The zero-order valence-corrected chi connectivity index (χ0v) is 12.2. The third-order valence-corrected chi connectivity index (χ3v) is 3.97. The smallest absolute Gasteiger partial charge is 0.187 e. The second kappa shape index (κ2) is 6.33. The molecule has 0 radical (unpaired) electrons. The molecule has 0 spiro atoms. The van der Waals surface area contributed by atoms with E-state index in [4.69, 9.17) is 17.0 Å². The molecule has 1 aliphatic carbocycles. The van der Waals surface area contributed by atoms with Gasteiger partial charge in [-0.05, 0) is 36.2 Å². The molecule has 1 aliphatic heterocycles. The zero-order valence-electron chi connectivity index (χ0n) is 11.4. The second-order valence-corrected chi connectivity index (χ2v) is 5.67. The predicted octanol–water partition coefficient (Wildman–Crippen LogP) is 1.78. The average Bonchev–Trinajstić information content (AvgIpc) is 3.11. The summed E-state index contributed by atoms with van der Waals surface area (Å²) < 4.78 is 5.54. The van der Waals surface area contributed by atoms with Crippen molar-refractivity contribution in [1.82, 2.24) is 10.7 Å². The summed E-state index contributed by atoms with van der Waals surface area (Å²) in [5.41, 5.74) is 6.80. The number of thiocarbonyl (C=S) groups is 1. The number of ether oxygens (including phenoxy) is 1. The molecule has 0 bridgehead atoms. The average molecular weight is 289 g/mol. The number of hydrogen-bond acceptors (Lipinski definition) is 3. The molecule has 106 valence electrons. The summed E-state index contributed by atoms with van der Waals surface area (Å²) >= 11 is 5.22. The van der Waals surface area contributed by atoms with Crippen molar-refractivity contribution in [3.05, 3.63) is 35.4 Å². The first-order valence-electron chi connectivity index (χ1n) is 7.09. The third-order valence-electron chi connectivity index (χ3n) is 3.74. The first-order chi connectivity index (χ1) is 9.81. The van der Waals surface area contributed by atoms with Gasteiger partial charge in [-0.1, -0.05) is 24.3 Å². The summed E-state index contributed by atoms with van der Waals surface area (Å²) in [5.74, 6) is 0. The Morgan fingerprint density at radius 2 is 2.05 bits per heavy atom. The Hall–Kier alpha value is -1.46. The number of rotatable bonds is 3. The fraction of sp³-hybridized carbons (Fsp3) is 0.467. The maximum Gasteiger partial charge on any atom is 0.187 e. The van der Waals surface area contributed by atoms with Crippen LogP contribution in [0.2, 0.25) is 0 Å². The molecule has 0 saturated carbocycles. The van der Waals surface area contributed by atoms with E-state index >= 15 is 0 Å². The molecule has 0 unspecified atom stereocenters. The predicted molar refractivity (Wildman–Crippen MR) is 84.0 cm³/mol. The molecule has 1 saturated heterocycles. The van der Waals surface area contributed by atoms with Gasteiger partial charge in [0.05, 0.1) is 6.10 Å². The number of hydrazone groups is 1. The van der Waals surface area contributed by atoms with Crippen LogP contribution in [-0.4, -0.2) is 30.1 Å². The van der Waals surface area contributed by atoms with E-state index < -0.39 is 0 Å². The standard InChI is InChI=1S/C15H19N3OS/c20-15(16-10-14-6-3-7-19-14)18-17-13-8-11-4-1-2-5-12(11)9-13/h1-2,4-5,14H,3,6-10H2,(H2,16,18,20)/t14-/m1/s1. The second-order valence-electron chi connectivity index (χ2n) is 5.26. The van der Waals surface area contributed by atoms with E-state index in [1.165, 1.54) is 11.1 Å². The van der Waals surface area contributed by atoms with E-state index in [0.717, 1.165) is 44.5 Å². The van der Waals surface area contributed by atoms with Gasteiger partial charge in [-0.25, -0.2) is 0 Å². The third kappa shape index (κ3) is 3.35. The lowest BCUT2D eigenvalue weighted by Gasteiger charge is -2.12.